The summed E-state index contributed by atoms with van der Waals surface area (Å²) < 4.78 is 5.05. The Morgan fingerprint density at radius 3 is 2.75 bits per heavy atom. The molecule has 0 aliphatic carbocycles. The molecule has 0 bridgehead atoms. The molecular weight excluding hydrogens is 254 g/mol. The van der Waals surface area contributed by atoms with Crippen LogP contribution < -0.4 is 5.32 Å². The molecule has 0 fully saturated rings. The highest BCUT2D eigenvalue weighted by atomic mass is 16.3. The molecule has 1 aromatic carbocycles. The van der Waals surface area contributed by atoms with E-state index in [4.69, 9.17) is 9.52 Å². The third-order valence-corrected chi connectivity index (χ3v) is 3.48. The minimum absolute atomic E-state index is 0.0241. The fraction of sp³-hybridized carbons (Fsp3) is 0.312. The maximum Gasteiger partial charge on any atom is 0.251 e. The van der Waals surface area contributed by atoms with E-state index in [0.717, 1.165) is 11.1 Å². The van der Waals surface area contributed by atoms with E-state index in [1.165, 1.54) is 0 Å². The summed E-state index contributed by atoms with van der Waals surface area (Å²) in [6.45, 7) is 3.84. The Hall–Kier alpha value is -2.07. The molecular formula is C16H19NO3. The van der Waals surface area contributed by atoms with Gasteiger partial charge >= 0.3 is 0 Å². The summed E-state index contributed by atoms with van der Waals surface area (Å²) in [6.07, 6.45) is 3.25. The molecule has 0 saturated heterocycles. The van der Waals surface area contributed by atoms with Crippen molar-refractivity contribution in [3.8, 4) is 11.1 Å². The highest BCUT2D eigenvalue weighted by Gasteiger charge is 2.15. The van der Waals surface area contributed by atoms with Gasteiger partial charge in [-0.05, 0) is 36.6 Å². The van der Waals surface area contributed by atoms with Crippen LogP contribution in [0.15, 0.2) is 47.3 Å². The molecule has 0 aliphatic heterocycles. The molecule has 2 N–H and O–H groups in total. The minimum atomic E-state index is -0.136. The van der Waals surface area contributed by atoms with E-state index in [1.807, 2.05) is 38.1 Å². The zero-order valence-corrected chi connectivity index (χ0v) is 11.7. The number of aliphatic hydroxyl groups excluding tert-OH is 1. The van der Waals surface area contributed by atoms with E-state index in [-0.39, 0.29) is 24.5 Å². The number of rotatable bonds is 5. The first-order valence-electron chi connectivity index (χ1n) is 6.66. The highest BCUT2D eigenvalue weighted by molar-refractivity contribution is 5.95. The fourth-order valence-corrected chi connectivity index (χ4v) is 1.86. The molecule has 2 unspecified atom stereocenters. The molecule has 4 heteroatoms. The number of hydrogen-bond donors (Lipinski definition) is 2. The van der Waals surface area contributed by atoms with Crippen molar-refractivity contribution in [1.82, 2.24) is 5.32 Å². The van der Waals surface area contributed by atoms with Gasteiger partial charge in [0, 0.05) is 23.8 Å². The van der Waals surface area contributed by atoms with Crippen LogP contribution in [0.3, 0.4) is 0 Å². The summed E-state index contributed by atoms with van der Waals surface area (Å²) in [5.74, 6) is -0.112. The lowest BCUT2D eigenvalue weighted by molar-refractivity contribution is 0.0916. The summed E-state index contributed by atoms with van der Waals surface area (Å²) in [4.78, 5) is 12.2. The number of nitrogens with one attached hydrogen (secondary N) is 1. The Kier molecular flexibility index (Phi) is 4.58. The van der Waals surface area contributed by atoms with Gasteiger partial charge in [0.05, 0.1) is 12.5 Å². The summed E-state index contributed by atoms with van der Waals surface area (Å²) in [5, 5.41) is 12.0. The van der Waals surface area contributed by atoms with Crippen molar-refractivity contribution in [2.45, 2.75) is 19.9 Å². The predicted molar refractivity (Wildman–Crippen MR) is 77.3 cm³/mol. The summed E-state index contributed by atoms with van der Waals surface area (Å²) in [5.41, 5.74) is 2.48. The van der Waals surface area contributed by atoms with Gasteiger partial charge in [-0.1, -0.05) is 19.1 Å². The van der Waals surface area contributed by atoms with Gasteiger partial charge in [-0.2, -0.15) is 0 Å². The molecule has 1 heterocycles. The molecule has 106 valence electrons. The largest absolute Gasteiger partial charge is 0.472 e. The summed E-state index contributed by atoms with van der Waals surface area (Å²) in [6, 6.07) is 9.16. The van der Waals surface area contributed by atoms with E-state index in [9.17, 15) is 4.79 Å². The van der Waals surface area contributed by atoms with Gasteiger partial charge in [0.1, 0.15) is 0 Å². The van der Waals surface area contributed by atoms with Crippen LogP contribution >= 0.6 is 0 Å². The first-order chi connectivity index (χ1) is 9.61. The summed E-state index contributed by atoms with van der Waals surface area (Å²) >= 11 is 0. The van der Waals surface area contributed by atoms with E-state index >= 15 is 0 Å². The van der Waals surface area contributed by atoms with Crippen LogP contribution in [0.1, 0.15) is 24.2 Å². The molecule has 20 heavy (non-hydrogen) atoms. The van der Waals surface area contributed by atoms with Crippen molar-refractivity contribution >= 4 is 5.91 Å². The second-order valence-corrected chi connectivity index (χ2v) is 5.01. The lowest BCUT2D eigenvalue weighted by Crippen LogP contribution is -2.38. The topological polar surface area (TPSA) is 62.5 Å². The average molecular weight is 273 g/mol. The molecule has 1 amide bonds. The molecule has 1 aromatic heterocycles. The van der Waals surface area contributed by atoms with Crippen molar-refractivity contribution in [1.29, 1.82) is 0 Å². The standard InChI is InChI=1S/C16H19NO3/c1-11(9-18)12(2)17-16(19)14-5-3-4-13(8-14)15-6-7-20-10-15/h3-8,10-12,18H,9H2,1-2H3,(H,17,19). The Bertz CT molecular complexity index is 563. The van der Waals surface area contributed by atoms with Crippen molar-refractivity contribution in [2.75, 3.05) is 6.61 Å². The Morgan fingerprint density at radius 1 is 1.30 bits per heavy atom. The molecule has 2 aromatic rings. The van der Waals surface area contributed by atoms with Crippen LogP contribution in [0.2, 0.25) is 0 Å². The van der Waals surface area contributed by atoms with E-state index in [2.05, 4.69) is 5.32 Å². The SMILES string of the molecule is CC(CO)C(C)NC(=O)c1cccc(-c2ccoc2)c1. The third kappa shape index (κ3) is 3.27. The van der Waals surface area contributed by atoms with Crippen molar-refractivity contribution < 1.29 is 14.3 Å². The summed E-state index contributed by atoms with van der Waals surface area (Å²) in [7, 11) is 0. The number of benzene rings is 1. The Labute approximate surface area is 118 Å². The quantitative estimate of drug-likeness (QED) is 0.880. The number of furan rings is 1. The zero-order valence-electron chi connectivity index (χ0n) is 11.7. The van der Waals surface area contributed by atoms with Crippen LogP contribution in [0.5, 0.6) is 0 Å². The number of hydrogen-bond acceptors (Lipinski definition) is 3. The normalized spacial score (nSPS) is 13.8. The smallest absolute Gasteiger partial charge is 0.251 e. The van der Waals surface area contributed by atoms with E-state index in [0.29, 0.717) is 5.56 Å². The second kappa shape index (κ2) is 6.39. The maximum absolute atomic E-state index is 12.2. The van der Waals surface area contributed by atoms with Crippen LogP contribution in [-0.2, 0) is 0 Å². The van der Waals surface area contributed by atoms with Crippen LogP contribution in [0, 0.1) is 5.92 Å². The Morgan fingerprint density at radius 2 is 2.10 bits per heavy atom. The van der Waals surface area contributed by atoms with Crippen LogP contribution in [0.25, 0.3) is 11.1 Å². The van der Waals surface area contributed by atoms with Crippen molar-refractivity contribution in [2.24, 2.45) is 5.92 Å². The lowest BCUT2D eigenvalue weighted by Gasteiger charge is -2.19. The number of amides is 1. The number of aliphatic hydroxyl groups is 1. The fourth-order valence-electron chi connectivity index (χ4n) is 1.86. The van der Waals surface area contributed by atoms with Crippen LogP contribution in [0.4, 0.5) is 0 Å². The molecule has 0 saturated carbocycles. The van der Waals surface area contributed by atoms with Gasteiger partial charge in [-0.15, -0.1) is 0 Å². The van der Waals surface area contributed by atoms with Gasteiger partial charge in [0.15, 0.2) is 0 Å². The van der Waals surface area contributed by atoms with E-state index in [1.54, 1.807) is 18.6 Å². The molecule has 2 atom stereocenters. The third-order valence-electron chi connectivity index (χ3n) is 3.48. The Balaban J connectivity index is 2.13. The highest BCUT2D eigenvalue weighted by Crippen LogP contribution is 2.20. The second-order valence-electron chi connectivity index (χ2n) is 5.01. The first-order valence-corrected chi connectivity index (χ1v) is 6.66. The molecule has 0 radical (unpaired) electrons. The van der Waals surface area contributed by atoms with Gasteiger partial charge in [0.25, 0.3) is 5.91 Å². The van der Waals surface area contributed by atoms with Crippen molar-refractivity contribution in [3.05, 3.63) is 48.4 Å². The lowest BCUT2D eigenvalue weighted by atomic mass is 10.0. The van der Waals surface area contributed by atoms with Crippen LogP contribution in [-0.4, -0.2) is 23.7 Å². The minimum Gasteiger partial charge on any atom is -0.472 e. The van der Waals surface area contributed by atoms with Gasteiger partial charge in [-0.25, -0.2) is 0 Å². The van der Waals surface area contributed by atoms with Gasteiger partial charge in [-0.3, -0.25) is 4.79 Å². The van der Waals surface area contributed by atoms with Gasteiger partial charge in [0.2, 0.25) is 0 Å². The van der Waals surface area contributed by atoms with Gasteiger partial charge < -0.3 is 14.8 Å². The molecule has 2 rings (SSSR count). The number of carbonyl (C=O) groups is 1. The first kappa shape index (κ1) is 14.3. The maximum atomic E-state index is 12.2. The molecule has 0 aliphatic rings. The van der Waals surface area contributed by atoms with Crippen molar-refractivity contribution in [3.63, 3.8) is 0 Å². The number of carbonyl (C=O) groups excluding carboxylic acids is 1. The van der Waals surface area contributed by atoms with E-state index < -0.39 is 0 Å². The zero-order chi connectivity index (χ0) is 14.5. The monoisotopic (exact) mass is 273 g/mol. The predicted octanol–water partition coefficient (Wildman–Crippen LogP) is 2.69. The molecule has 0 spiro atoms. The molecule has 4 nitrogen and oxygen atoms in total. The average Bonchev–Trinajstić information content (AvgIpc) is 3.00.